The Balaban J connectivity index is 2.17. The molecule has 0 spiro atoms. The van der Waals surface area contributed by atoms with Gasteiger partial charge in [0, 0.05) is 20.0 Å². The summed E-state index contributed by atoms with van der Waals surface area (Å²) in [6.45, 7) is 6.56. The number of nitrogens with one attached hydrogen (secondary N) is 1. The van der Waals surface area contributed by atoms with E-state index in [9.17, 15) is 9.59 Å². The molecule has 2 aromatic rings. The van der Waals surface area contributed by atoms with Gasteiger partial charge in [-0.1, -0.05) is 62.4 Å². The van der Waals surface area contributed by atoms with Crippen molar-refractivity contribution in [2.75, 3.05) is 7.05 Å². The number of nitrogens with zero attached hydrogens (tertiary/aromatic N) is 1. The number of rotatable bonds is 9. The summed E-state index contributed by atoms with van der Waals surface area (Å²) in [5.41, 5.74) is 4.64. The summed E-state index contributed by atoms with van der Waals surface area (Å²) in [5.74, 6) is -0.102. The molecule has 150 valence electrons. The summed E-state index contributed by atoms with van der Waals surface area (Å²) in [4.78, 5) is 27.3. The van der Waals surface area contributed by atoms with E-state index in [1.54, 1.807) is 11.9 Å². The van der Waals surface area contributed by atoms with E-state index in [1.165, 1.54) is 5.56 Å². The van der Waals surface area contributed by atoms with Gasteiger partial charge in [-0.3, -0.25) is 9.59 Å². The first-order valence-electron chi connectivity index (χ1n) is 10.1. The van der Waals surface area contributed by atoms with Crippen LogP contribution in [0.2, 0.25) is 0 Å². The first-order valence-corrected chi connectivity index (χ1v) is 10.1. The summed E-state index contributed by atoms with van der Waals surface area (Å²) in [6, 6.07) is 16.0. The fourth-order valence-corrected chi connectivity index (χ4v) is 3.39. The topological polar surface area (TPSA) is 49.4 Å². The minimum Gasteiger partial charge on any atom is -0.357 e. The van der Waals surface area contributed by atoms with Gasteiger partial charge >= 0.3 is 0 Å². The van der Waals surface area contributed by atoms with Crippen molar-refractivity contribution >= 4 is 11.8 Å². The third-order valence-corrected chi connectivity index (χ3v) is 5.29. The lowest BCUT2D eigenvalue weighted by Gasteiger charge is -2.31. The smallest absolute Gasteiger partial charge is 0.242 e. The van der Waals surface area contributed by atoms with Crippen molar-refractivity contribution in [1.29, 1.82) is 0 Å². The van der Waals surface area contributed by atoms with E-state index >= 15 is 0 Å². The maximum absolute atomic E-state index is 13.1. The number of hydrogen-bond acceptors (Lipinski definition) is 2. The third kappa shape index (κ3) is 5.69. The van der Waals surface area contributed by atoms with Crippen LogP contribution in [0.4, 0.5) is 0 Å². The molecule has 0 fully saturated rings. The zero-order chi connectivity index (χ0) is 20.5. The number of benzene rings is 2. The molecule has 4 nitrogen and oxygen atoms in total. The molecule has 1 atom stereocenters. The van der Waals surface area contributed by atoms with E-state index in [2.05, 4.69) is 36.5 Å². The highest BCUT2D eigenvalue weighted by Crippen LogP contribution is 2.17. The molecule has 0 aliphatic heterocycles. The fraction of sp³-hybridized carbons (Fsp3) is 0.417. The number of hydrogen-bond donors (Lipinski definition) is 1. The molecule has 0 unspecified atom stereocenters. The first kappa shape index (κ1) is 21.7. The average Bonchev–Trinajstić information content (AvgIpc) is 2.73. The Bertz CT molecular complexity index is 783. The van der Waals surface area contributed by atoms with Crippen molar-refractivity contribution < 1.29 is 9.59 Å². The normalized spacial score (nSPS) is 11.7. The van der Waals surface area contributed by atoms with Crippen LogP contribution in [-0.2, 0) is 29.0 Å². The van der Waals surface area contributed by atoms with Crippen LogP contribution in [0.3, 0.4) is 0 Å². The van der Waals surface area contributed by atoms with Gasteiger partial charge in [-0.15, -0.1) is 0 Å². The zero-order valence-electron chi connectivity index (χ0n) is 17.5. The molecular formula is C24H32N2O2. The van der Waals surface area contributed by atoms with Crippen molar-refractivity contribution in [3.8, 4) is 0 Å². The van der Waals surface area contributed by atoms with E-state index < -0.39 is 6.04 Å². The Morgan fingerprint density at radius 1 is 1.00 bits per heavy atom. The Labute approximate surface area is 169 Å². The van der Waals surface area contributed by atoms with Gasteiger partial charge in [-0.05, 0) is 48.4 Å². The van der Waals surface area contributed by atoms with Gasteiger partial charge < -0.3 is 10.2 Å². The van der Waals surface area contributed by atoms with Crippen molar-refractivity contribution in [3.63, 3.8) is 0 Å². The van der Waals surface area contributed by atoms with Crippen molar-refractivity contribution in [1.82, 2.24) is 10.2 Å². The van der Waals surface area contributed by atoms with Gasteiger partial charge in [0.15, 0.2) is 0 Å². The predicted octanol–water partition coefficient (Wildman–Crippen LogP) is 4.04. The lowest BCUT2D eigenvalue weighted by molar-refractivity contribution is -0.141. The van der Waals surface area contributed by atoms with Gasteiger partial charge in [0.05, 0.1) is 0 Å². The monoisotopic (exact) mass is 380 g/mol. The number of carbonyl (C=O) groups is 2. The Morgan fingerprint density at radius 2 is 1.64 bits per heavy atom. The second-order valence-corrected chi connectivity index (χ2v) is 7.16. The van der Waals surface area contributed by atoms with Crippen LogP contribution in [0.1, 0.15) is 48.9 Å². The van der Waals surface area contributed by atoms with Crippen LogP contribution in [0.5, 0.6) is 0 Å². The van der Waals surface area contributed by atoms with E-state index in [-0.39, 0.29) is 11.8 Å². The van der Waals surface area contributed by atoms with Crippen molar-refractivity contribution in [3.05, 3.63) is 70.8 Å². The number of aryl methyl sites for hydroxylation is 3. The van der Waals surface area contributed by atoms with Crippen LogP contribution in [-0.4, -0.2) is 29.8 Å². The highest BCUT2D eigenvalue weighted by molar-refractivity contribution is 5.87. The highest BCUT2D eigenvalue weighted by Gasteiger charge is 2.27. The average molecular weight is 381 g/mol. The van der Waals surface area contributed by atoms with Crippen molar-refractivity contribution in [2.45, 2.75) is 59.0 Å². The molecule has 28 heavy (non-hydrogen) atoms. The summed E-state index contributed by atoms with van der Waals surface area (Å²) >= 11 is 0. The quantitative estimate of drug-likeness (QED) is 0.714. The number of likely N-dealkylation sites (N-methyl/N-ethyl adjacent to an activating group) is 1. The summed E-state index contributed by atoms with van der Waals surface area (Å²) in [6.07, 6.45) is 2.67. The molecule has 1 N–H and O–H groups in total. The highest BCUT2D eigenvalue weighted by atomic mass is 16.2. The fourth-order valence-electron chi connectivity index (χ4n) is 3.39. The molecule has 0 aliphatic carbocycles. The maximum atomic E-state index is 13.1. The van der Waals surface area contributed by atoms with Gasteiger partial charge in [0.1, 0.15) is 6.04 Å². The number of amides is 2. The number of carbonyl (C=O) groups excluding carboxylic acids is 2. The molecule has 0 aliphatic rings. The zero-order valence-corrected chi connectivity index (χ0v) is 17.5. The molecule has 4 heteroatoms. The molecule has 0 heterocycles. The summed E-state index contributed by atoms with van der Waals surface area (Å²) in [5, 5.41) is 2.71. The van der Waals surface area contributed by atoms with Gasteiger partial charge in [-0.2, -0.15) is 0 Å². The van der Waals surface area contributed by atoms with Crippen LogP contribution >= 0.6 is 0 Å². The molecule has 2 rings (SSSR count). The molecule has 2 amide bonds. The SMILES string of the molecule is CCc1ccc(CCC(=O)N(Cc2ccccc2C)[C@@H](CC)C(=O)NC)cc1. The van der Waals surface area contributed by atoms with Crippen LogP contribution in [0.15, 0.2) is 48.5 Å². The van der Waals surface area contributed by atoms with Gasteiger partial charge in [0.25, 0.3) is 0 Å². The Hall–Kier alpha value is -2.62. The molecule has 0 saturated heterocycles. The van der Waals surface area contributed by atoms with Crippen LogP contribution in [0, 0.1) is 6.92 Å². The van der Waals surface area contributed by atoms with Gasteiger partial charge in [-0.25, -0.2) is 0 Å². The molecule has 2 aromatic carbocycles. The van der Waals surface area contributed by atoms with E-state index in [4.69, 9.17) is 0 Å². The summed E-state index contributed by atoms with van der Waals surface area (Å²) in [7, 11) is 1.62. The van der Waals surface area contributed by atoms with E-state index in [0.717, 1.165) is 23.1 Å². The minimum absolute atomic E-state index is 0.0123. The standard InChI is InChI=1S/C24H32N2O2/c1-5-19-11-13-20(14-12-19)15-16-23(27)26(22(6-2)24(28)25-4)17-21-10-8-7-9-18(21)3/h7-14,22H,5-6,15-17H2,1-4H3,(H,25,28)/t22-/m0/s1. The molecule has 0 radical (unpaired) electrons. The molecule has 0 saturated carbocycles. The van der Waals surface area contributed by atoms with Crippen LogP contribution in [0.25, 0.3) is 0 Å². The molecule has 0 bridgehead atoms. The minimum atomic E-state index is -0.459. The summed E-state index contributed by atoms with van der Waals surface area (Å²) < 4.78 is 0. The first-order chi connectivity index (χ1) is 13.5. The van der Waals surface area contributed by atoms with Crippen LogP contribution < -0.4 is 5.32 Å². The van der Waals surface area contributed by atoms with Gasteiger partial charge in [0.2, 0.25) is 11.8 Å². The largest absolute Gasteiger partial charge is 0.357 e. The lowest BCUT2D eigenvalue weighted by Crippen LogP contribution is -2.48. The maximum Gasteiger partial charge on any atom is 0.242 e. The lowest BCUT2D eigenvalue weighted by atomic mass is 10.0. The predicted molar refractivity (Wildman–Crippen MR) is 114 cm³/mol. The third-order valence-electron chi connectivity index (χ3n) is 5.29. The molecular weight excluding hydrogens is 348 g/mol. The Kier molecular flexibility index (Phi) is 8.24. The second kappa shape index (κ2) is 10.6. The molecule has 0 aromatic heterocycles. The van der Waals surface area contributed by atoms with Crippen molar-refractivity contribution in [2.24, 2.45) is 0 Å². The van der Waals surface area contributed by atoms with E-state index in [1.807, 2.05) is 38.1 Å². The Morgan fingerprint density at radius 3 is 2.21 bits per heavy atom. The van der Waals surface area contributed by atoms with E-state index in [0.29, 0.717) is 25.8 Å². The second-order valence-electron chi connectivity index (χ2n) is 7.16.